The summed E-state index contributed by atoms with van der Waals surface area (Å²) in [5.74, 6) is -3.18. The summed E-state index contributed by atoms with van der Waals surface area (Å²) in [4.78, 5) is 20.8. The smallest absolute Gasteiger partial charge is 0.225 e. The molecule has 0 aliphatic heterocycles. The van der Waals surface area contributed by atoms with Gasteiger partial charge in [0, 0.05) is 28.9 Å². The highest BCUT2D eigenvalue weighted by atomic mass is 19.2. The summed E-state index contributed by atoms with van der Waals surface area (Å²) in [6.45, 7) is 1.77. The Bertz CT molecular complexity index is 1630. The number of fused-ring (bicyclic) bond motifs is 1. The summed E-state index contributed by atoms with van der Waals surface area (Å²) in [7, 11) is 0. The van der Waals surface area contributed by atoms with Crippen LogP contribution in [0.4, 0.5) is 17.6 Å². The Morgan fingerprint density at radius 3 is 2.58 bits per heavy atom. The highest BCUT2D eigenvalue weighted by Crippen LogP contribution is 2.30. The standard InChI is InChI=1S/C30H23F4N3O/c1-17-9-18(11-22(32)10-17)12-28(30-23(3-2-8-35-30)19-4-6-25(33)26(34)13-19)37-29(38)14-20-16-36-27-7-5-21(31)15-24(20)27/h2-11,13,15-16,28,36H,12,14H2,1H3,(H,37,38). The Kier molecular flexibility index (Phi) is 6.96. The molecule has 1 unspecified atom stereocenters. The average Bonchev–Trinajstić information content (AvgIpc) is 3.26. The summed E-state index contributed by atoms with van der Waals surface area (Å²) in [5.41, 5.74) is 3.95. The normalized spacial score (nSPS) is 12.0. The number of nitrogens with one attached hydrogen (secondary N) is 2. The van der Waals surface area contributed by atoms with Gasteiger partial charge in [0.05, 0.1) is 18.2 Å². The molecule has 0 radical (unpaired) electrons. The number of pyridine rings is 1. The molecule has 0 saturated heterocycles. The molecular formula is C30H23F4N3O. The van der Waals surface area contributed by atoms with E-state index in [1.54, 1.807) is 31.3 Å². The molecule has 4 nitrogen and oxygen atoms in total. The maximum atomic E-state index is 14.2. The zero-order valence-corrected chi connectivity index (χ0v) is 20.4. The highest BCUT2D eigenvalue weighted by molar-refractivity contribution is 5.89. The number of nitrogens with zero attached hydrogens (tertiary/aromatic N) is 1. The second kappa shape index (κ2) is 10.5. The number of rotatable bonds is 7. The Labute approximate surface area is 216 Å². The SMILES string of the molecule is Cc1cc(F)cc(CC(NC(=O)Cc2c[nH]c3ccc(F)cc23)c2ncccc2-c2ccc(F)c(F)c2)c1. The fourth-order valence-corrected chi connectivity index (χ4v) is 4.70. The van der Waals surface area contributed by atoms with Gasteiger partial charge in [0.2, 0.25) is 5.91 Å². The van der Waals surface area contributed by atoms with E-state index in [-0.39, 0.29) is 18.7 Å². The molecule has 8 heteroatoms. The predicted octanol–water partition coefficient (Wildman–Crippen LogP) is 6.74. The van der Waals surface area contributed by atoms with Crippen LogP contribution in [0, 0.1) is 30.2 Å². The molecule has 0 saturated carbocycles. The lowest BCUT2D eigenvalue weighted by atomic mass is 9.94. The van der Waals surface area contributed by atoms with E-state index >= 15 is 0 Å². The van der Waals surface area contributed by atoms with Crippen molar-refractivity contribution in [2.75, 3.05) is 0 Å². The monoisotopic (exact) mass is 517 g/mol. The van der Waals surface area contributed by atoms with E-state index in [1.807, 2.05) is 6.07 Å². The minimum Gasteiger partial charge on any atom is -0.361 e. The van der Waals surface area contributed by atoms with Crippen molar-refractivity contribution in [3.63, 3.8) is 0 Å². The van der Waals surface area contributed by atoms with Gasteiger partial charge in [0.1, 0.15) is 11.6 Å². The van der Waals surface area contributed by atoms with Crippen molar-refractivity contribution in [1.29, 1.82) is 0 Å². The summed E-state index contributed by atoms with van der Waals surface area (Å²) in [6.07, 6.45) is 3.34. The number of hydrogen-bond donors (Lipinski definition) is 2. The molecule has 2 heterocycles. The summed E-state index contributed by atoms with van der Waals surface area (Å²) >= 11 is 0. The number of carbonyl (C=O) groups is 1. The number of benzene rings is 3. The Hall–Kier alpha value is -4.46. The molecule has 5 aromatic rings. The number of aromatic nitrogens is 2. The molecule has 5 rings (SSSR count). The van der Waals surface area contributed by atoms with E-state index in [9.17, 15) is 22.4 Å². The lowest BCUT2D eigenvalue weighted by Crippen LogP contribution is -2.32. The zero-order valence-electron chi connectivity index (χ0n) is 20.4. The first kappa shape index (κ1) is 25.2. The fraction of sp³-hybridized carbons (Fsp3) is 0.133. The number of aryl methyl sites for hydroxylation is 1. The van der Waals surface area contributed by atoms with Gasteiger partial charge in [-0.3, -0.25) is 9.78 Å². The second-order valence-electron chi connectivity index (χ2n) is 9.21. The molecule has 2 aromatic heterocycles. The molecule has 192 valence electrons. The quantitative estimate of drug-likeness (QED) is 0.235. The van der Waals surface area contributed by atoms with Crippen molar-refractivity contribution in [1.82, 2.24) is 15.3 Å². The minimum absolute atomic E-state index is 0.0462. The molecule has 1 atom stereocenters. The summed E-state index contributed by atoms with van der Waals surface area (Å²) < 4.78 is 55.7. The topological polar surface area (TPSA) is 57.8 Å². The van der Waals surface area contributed by atoms with Crippen LogP contribution in [-0.4, -0.2) is 15.9 Å². The van der Waals surface area contributed by atoms with Crippen LogP contribution in [0.25, 0.3) is 22.0 Å². The molecule has 0 bridgehead atoms. The average molecular weight is 518 g/mol. The van der Waals surface area contributed by atoms with E-state index in [0.717, 1.165) is 12.1 Å². The van der Waals surface area contributed by atoms with Gasteiger partial charge >= 0.3 is 0 Å². The van der Waals surface area contributed by atoms with Crippen molar-refractivity contribution < 1.29 is 22.4 Å². The molecule has 1 amide bonds. The third-order valence-electron chi connectivity index (χ3n) is 6.36. The third-order valence-corrected chi connectivity index (χ3v) is 6.36. The molecular weight excluding hydrogens is 494 g/mol. The predicted molar refractivity (Wildman–Crippen MR) is 137 cm³/mol. The van der Waals surface area contributed by atoms with Gasteiger partial charge in [-0.15, -0.1) is 0 Å². The first-order chi connectivity index (χ1) is 18.3. The van der Waals surface area contributed by atoms with Crippen LogP contribution in [-0.2, 0) is 17.6 Å². The van der Waals surface area contributed by atoms with Crippen molar-refractivity contribution in [2.24, 2.45) is 0 Å². The Morgan fingerprint density at radius 2 is 1.79 bits per heavy atom. The van der Waals surface area contributed by atoms with E-state index in [1.165, 1.54) is 36.5 Å². The molecule has 2 N–H and O–H groups in total. The van der Waals surface area contributed by atoms with Crippen LogP contribution in [0.1, 0.15) is 28.4 Å². The van der Waals surface area contributed by atoms with Crippen molar-refractivity contribution in [3.05, 3.63) is 125 Å². The Morgan fingerprint density at radius 1 is 0.947 bits per heavy atom. The van der Waals surface area contributed by atoms with E-state index < -0.39 is 29.3 Å². The second-order valence-corrected chi connectivity index (χ2v) is 9.21. The zero-order chi connectivity index (χ0) is 26.8. The number of carbonyl (C=O) groups excluding carboxylic acids is 1. The third kappa shape index (κ3) is 5.44. The van der Waals surface area contributed by atoms with E-state index in [2.05, 4.69) is 15.3 Å². The largest absolute Gasteiger partial charge is 0.361 e. The van der Waals surface area contributed by atoms with Crippen molar-refractivity contribution in [3.8, 4) is 11.1 Å². The van der Waals surface area contributed by atoms with Gasteiger partial charge in [0.15, 0.2) is 11.6 Å². The van der Waals surface area contributed by atoms with Crippen molar-refractivity contribution in [2.45, 2.75) is 25.8 Å². The van der Waals surface area contributed by atoms with E-state index in [0.29, 0.717) is 44.4 Å². The lowest BCUT2D eigenvalue weighted by Gasteiger charge is -2.22. The van der Waals surface area contributed by atoms with Gasteiger partial charge in [-0.1, -0.05) is 18.2 Å². The Balaban J connectivity index is 1.51. The van der Waals surface area contributed by atoms with Gasteiger partial charge in [-0.05, 0) is 84.1 Å². The fourth-order valence-electron chi connectivity index (χ4n) is 4.70. The highest BCUT2D eigenvalue weighted by Gasteiger charge is 2.22. The lowest BCUT2D eigenvalue weighted by molar-refractivity contribution is -0.121. The summed E-state index contributed by atoms with van der Waals surface area (Å²) in [5, 5.41) is 3.57. The number of aromatic amines is 1. The molecule has 3 aromatic carbocycles. The number of H-pyrrole nitrogens is 1. The first-order valence-electron chi connectivity index (χ1n) is 12.0. The molecule has 0 fully saturated rings. The number of halogens is 4. The minimum atomic E-state index is -1.01. The number of hydrogen-bond acceptors (Lipinski definition) is 2. The first-order valence-corrected chi connectivity index (χ1v) is 12.0. The molecule has 0 aliphatic rings. The van der Waals surface area contributed by atoms with E-state index in [4.69, 9.17) is 0 Å². The van der Waals surface area contributed by atoms with Crippen LogP contribution in [0.2, 0.25) is 0 Å². The van der Waals surface area contributed by atoms with Gasteiger partial charge in [0.25, 0.3) is 0 Å². The van der Waals surface area contributed by atoms with Crippen LogP contribution in [0.5, 0.6) is 0 Å². The molecule has 0 spiro atoms. The van der Waals surface area contributed by atoms with Crippen molar-refractivity contribution >= 4 is 16.8 Å². The summed E-state index contributed by atoms with van der Waals surface area (Å²) in [6, 6.07) is 15.1. The van der Waals surface area contributed by atoms with Gasteiger partial charge in [-0.2, -0.15) is 0 Å². The number of amides is 1. The molecule has 38 heavy (non-hydrogen) atoms. The maximum Gasteiger partial charge on any atom is 0.225 e. The van der Waals surface area contributed by atoms with Gasteiger partial charge in [-0.25, -0.2) is 17.6 Å². The maximum absolute atomic E-state index is 14.2. The van der Waals surface area contributed by atoms with Crippen LogP contribution >= 0.6 is 0 Å². The van der Waals surface area contributed by atoms with Crippen LogP contribution in [0.3, 0.4) is 0 Å². The molecule has 0 aliphatic carbocycles. The van der Waals surface area contributed by atoms with Crippen LogP contribution in [0.15, 0.2) is 79.1 Å². The van der Waals surface area contributed by atoms with Gasteiger partial charge < -0.3 is 10.3 Å². The van der Waals surface area contributed by atoms with Crippen LogP contribution < -0.4 is 5.32 Å².